The lowest BCUT2D eigenvalue weighted by molar-refractivity contribution is -0.161. The van der Waals surface area contributed by atoms with E-state index in [1.807, 2.05) is 0 Å². The SMILES string of the molecule is CCN(CC(F)(F)F)C(=O)CC1CS(=O)(=O)CCN1. The summed E-state index contributed by atoms with van der Waals surface area (Å²) < 4.78 is 59.5. The third kappa shape index (κ3) is 5.77. The van der Waals surface area contributed by atoms with Crippen LogP contribution in [0.15, 0.2) is 0 Å². The van der Waals surface area contributed by atoms with Gasteiger partial charge in [0.1, 0.15) is 6.54 Å². The van der Waals surface area contributed by atoms with Gasteiger partial charge < -0.3 is 10.2 Å². The van der Waals surface area contributed by atoms with E-state index in [9.17, 15) is 26.4 Å². The van der Waals surface area contributed by atoms with Crippen LogP contribution < -0.4 is 5.32 Å². The number of hydrogen-bond donors (Lipinski definition) is 1. The van der Waals surface area contributed by atoms with Crippen LogP contribution in [-0.2, 0) is 14.6 Å². The number of nitrogens with zero attached hydrogens (tertiary/aromatic N) is 1. The van der Waals surface area contributed by atoms with Crippen molar-refractivity contribution in [2.45, 2.75) is 25.6 Å². The molecule has 1 fully saturated rings. The van der Waals surface area contributed by atoms with E-state index in [4.69, 9.17) is 0 Å². The molecule has 9 heteroatoms. The van der Waals surface area contributed by atoms with Crippen molar-refractivity contribution in [3.8, 4) is 0 Å². The van der Waals surface area contributed by atoms with Gasteiger partial charge >= 0.3 is 6.18 Å². The van der Waals surface area contributed by atoms with Gasteiger partial charge in [0.25, 0.3) is 0 Å². The number of hydrogen-bond acceptors (Lipinski definition) is 4. The molecular weight excluding hydrogens is 285 g/mol. The summed E-state index contributed by atoms with van der Waals surface area (Å²) in [5.74, 6) is -0.894. The molecule has 0 aliphatic carbocycles. The van der Waals surface area contributed by atoms with Crippen molar-refractivity contribution in [2.24, 2.45) is 0 Å². The van der Waals surface area contributed by atoms with Gasteiger partial charge in [-0.2, -0.15) is 13.2 Å². The Morgan fingerprint density at radius 3 is 2.53 bits per heavy atom. The number of halogens is 3. The maximum absolute atomic E-state index is 12.2. The van der Waals surface area contributed by atoms with E-state index in [-0.39, 0.29) is 31.0 Å². The van der Waals surface area contributed by atoms with Gasteiger partial charge in [0.2, 0.25) is 5.91 Å². The van der Waals surface area contributed by atoms with E-state index in [1.54, 1.807) is 0 Å². The van der Waals surface area contributed by atoms with Crippen LogP contribution in [-0.4, -0.2) is 62.6 Å². The molecule has 5 nitrogen and oxygen atoms in total. The fraction of sp³-hybridized carbons (Fsp3) is 0.900. The van der Waals surface area contributed by atoms with Crippen molar-refractivity contribution in [3.05, 3.63) is 0 Å². The summed E-state index contributed by atoms with van der Waals surface area (Å²) in [6.45, 7) is 0.319. The number of carbonyl (C=O) groups excluding carboxylic acids is 1. The standard InChI is InChI=1S/C10H17F3N2O3S/c1-2-15(7-10(11,12)13)9(16)5-8-6-19(17,18)4-3-14-8/h8,14H,2-7H2,1H3. The average Bonchev–Trinajstić information content (AvgIpc) is 2.23. The molecule has 0 bridgehead atoms. The molecule has 0 aromatic rings. The molecule has 0 aromatic carbocycles. The minimum absolute atomic E-state index is 0.00225. The second-order valence-electron chi connectivity index (χ2n) is 4.49. The van der Waals surface area contributed by atoms with Crippen LogP contribution in [0.1, 0.15) is 13.3 Å². The highest BCUT2D eigenvalue weighted by atomic mass is 32.2. The Balaban J connectivity index is 2.57. The van der Waals surface area contributed by atoms with Crippen LogP contribution in [0.4, 0.5) is 13.2 Å². The number of sulfone groups is 1. The topological polar surface area (TPSA) is 66.5 Å². The number of amides is 1. The van der Waals surface area contributed by atoms with Gasteiger partial charge in [-0.3, -0.25) is 4.79 Å². The second-order valence-corrected chi connectivity index (χ2v) is 6.72. The summed E-state index contributed by atoms with van der Waals surface area (Å²) in [4.78, 5) is 12.4. The van der Waals surface area contributed by atoms with Crippen molar-refractivity contribution in [3.63, 3.8) is 0 Å². The lowest BCUT2D eigenvalue weighted by Gasteiger charge is -2.27. The van der Waals surface area contributed by atoms with Crippen molar-refractivity contribution in [1.82, 2.24) is 10.2 Å². The maximum Gasteiger partial charge on any atom is 0.406 e. The molecule has 19 heavy (non-hydrogen) atoms. The summed E-state index contributed by atoms with van der Waals surface area (Å²) in [7, 11) is -3.20. The molecule has 1 unspecified atom stereocenters. The first-order chi connectivity index (χ1) is 8.63. The minimum atomic E-state index is -4.45. The number of rotatable bonds is 4. The third-order valence-electron chi connectivity index (χ3n) is 2.83. The van der Waals surface area contributed by atoms with Crippen LogP contribution in [0.5, 0.6) is 0 Å². The smallest absolute Gasteiger partial charge is 0.334 e. The largest absolute Gasteiger partial charge is 0.406 e. The fourth-order valence-corrected chi connectivity index (χ4v) is 3.38. The molecule has 1 amide bonds. The zero-order chi connectivity index (χ0) is 14.7. The summed E-state index contributed by atoms with van der Waals surface area (Å²) in [6.07, 6.45) is -4.68. The average molecular weight is 302 g/mol. The van der Waals surface area contributed by atoms with E-state index in [0.717, 1.165) is 0 Å². The lowest BCUT2D eigenvalue weighted by Crippen LogP contribution is -2.48. The molecule has 0 radical (unpaired) electrons. The van der Waals surface area contributed by atoms with Crippen molar-refractivity contribution in [2.75, 3.05) is 31.1 Å². The monoisotopic (exact) mass is 302 g/mol. The van der Waals surface area contributed by atoms with Crippen LogP contribution in [0.25, 0.3) is 0 Å². The van der Waals surface area contributed by atoms with Gasteiger partial charge in [-0.15, -0.1) is 0 Å². The molecular formula is C10H17F3N2O3S. The zero-order valence-electron chi connectivity index (χ0n) is 10.5. The summed E-state index contributed by atoms with van der Waals surface area (Å²) in [5.41, 5.74) is 0. The molecule has 1 heterocycles. The Bertz CT molecular complexity index is 422. The number of nitrogens with one attached hydrogen (secondary N) is 1. The van der Waals surface area contributed by atoms with E-state index < -0.39 is 34.5 Å². The Labute approximate surface area is 110 Å². The molecule has 1 atom stereocenters. The van der Waals surface area contributed by atoms with Crippen molar-refractivity contribution >= 4 is 15.7 Å². The highest BCUT2D eigenvalue weighted by molar-refractivity contribution is 7.91. The predicted octanol–water partition coefficient (Wildman–Crippen LogP) is 0.174. The first-order valence-corrected chi connectivity index (χ1v) is 7.73. The highest BCUT2D eigenvalue weighted by Gasteiger charge is 2.34. The van der Waals surface area contributed by atoms with Gasteiger partial charge in [-0.1, -0.05) is 0 Å². The summed E-state index contributed by atoms with van der Waals surface area (Å²) in [5, 5.41) is 2.84. The zero-order valence-corrected chi connectivity index (χ0v) is 11.4. The quantitative estimate of drug-likeness (QED) is 0.804. The van der Waals surface area contributed by atoms with E-state index in [0.29, 0.717) is 4.90 Å². The van der Waals surface area contributed by atoms with E-state index in [1.165, 1.54) is 6.92 Å². The first kappa shape index (κ1) is 16.2. The van der Waals surface area contributed by atoms with Gasteiger partial charge in [-0.25, -0.2) is 8.42 Å². The van der Waals surface area contributed by atoms with E-state index in [2.05, 4.69) is 5.32 Å². The molecule has 112 valence electrons. The Morgan fingerprint density at radius 2 is 2.05 bits per heavy atom. The molecule has 1 aliphatic heterocycles. The third-order valence-corrected chi connectivity index (χ3v) is 4.56. The van der Waals surface area contributed by atoms with Gasteiger partial charge in [0, 0.05) is 25.6 Å². The van der Waals surface area contributed by atoms with Gasteiger partial charge in [0.05, 0.1) is 11.5 Å². The Kier molecular flexibility index (Phi) is 5.19. The molecule has 1 saturated heterocycles. The van der Waals surface area contributed by atoms with Gasteiger partial charge in [-0.05, 0) is 6.92 Å². The van der Waals surface area contributed by atoms with Crippen LogP contribution >= 0.6 is 0 Å². The second kappa shape index (κ2) is 6.08. The molecule has 1 aliphatic rings. The van der Waals surface area contributed by atoms with Crippen LogP contribution in [0.2, 0.25) is 0 Å². The molecule has 1 rings (SSSR count). The molecule has 0 aromatic heterocycles. The maximum atomic E-state index is 12.2. The molecule has 0 saturated carbocycles. The fourth-order valence-electron chi connectivity index (χ4n) is 1.93. The van der Waals surface area contributed by atoms with E-state index >= 15 is 0 Å². The lowest BCUT2D eigenvalue weighted by atomic mass is 10.2. The first-order valence-electron chi connectivity index (χ1n) is 5.91. The summed E-state index contributed by atoms with van der Waals surface area (Å²) in [6, 6.07) is -0.603. The number of alkyl halides is 3. The minimum Gasteiger partial charge on any atom is -0.334 e. The highest BCUT2D eigenvalue weighted by Crippen LogP contribution is 2.17. The summed E-state index contributed by atoms with van der Waals surface area (Å²) >= 11 is 0. The van der Waals surface area contributed by atoms with Crippen LogP contribution in [0.3, 0.4) is 0 Å². The van der Waals surface area contributed by atoms with Gasteiger partial charge in [0.15, 0.2) is 9.84 Å². The van der Waals surface area contributed by atoms with Crippen molar-refractivity contribution < 1.29 is 26.4 Å². The predicted molar refractivity (Wildman–Crippen MR) is 63.4 cm³/mol. The Morgan fingerprint density at radius 1 is 1.42 bits per heavy atom. The number of carbonyl (C=O) groups is 1. The normalized spacial score (nSPS) is 23.1. The molecule has 0 spiro atoms. The van der Waals surface area contributed by atoms with Crippen LogP contribution in [0, 0.1) is 0 Å². The Hall–Kier alpha value is -0.830. The van der Waals surface area contributed by atoms with Crippen molar-refractivity contribution in [1.29, 1.82) is 0 Å². The molecule has 1 N–H and O–H groups in total.